The Morgan fingerprint density at radius 3 is 2.50 bits per heavy atom. The number of nitriles is 1. The summed E-state index contributed by atoms with van der Waals surface area (Å²) in [5.41, 5.74) is 3.93. The molecule has 1 aliphatic heterocycles. The lowest BCUT2D eigenvalue weighted by Crippen LogP contribution is -2.62. The van der Waals surface area contributed by atoms with Gasteiger partial charge in [0.25, 0.3) is 0 Å². The minimum atomic E-state index is -0.844. The van der Waals surface area contributed by atoms with Crippen molar-refractivity contribution in [2.75, 3.05) is 26.7 Å². The van der Waals surface area contributed by atoms with E-state index in [9.17, 15) is 14.4 Å². The number of fused-ring (bicyclic) bond motifs is 1. The third-order valence-electron chi connectivity index (χ3n) is 8.15. The minimum absolute atomic E-state index is 0.157. The SMILES string of the molecule is CN[C@@H](C)C(=O)N[C@H](C(=O)N1CCN(Cc2ccc(C#N)cc2)C[C@@H]1OC(=O)NC1CCCc2ccccc21)C(C)C. The van der Waals surface area contributed by atoms with E-state index in [1.54, 1.807) is 31.0 Å². The van der Waals surface area contributed by atoms with Gasteiger partial charge in [0, 0.05) is 19.6 Å². The van der Waals surface area contributed by atoms with Gasteiger partial charge < -0.3 is 25.6 Å². The summed E-state index contributed by atoms with van der Waals surface area (Å²) in [6.07, 6.45) is 1.34. The van der Waals surface area contributed by atoms with Crippen molar-refractivity contribution in [2.45, 2.75) is 70.9 Å². The van der Waals surface area contributed by atoms with Crippen molar-refractivity contribution in [3.63, 3.8) is 0 Å². The standard InChI is InChI=1S/C32H42N6O4/c1-21(2)29(36-30(39)22(3)34-4)31(40)38-17-16-37(19-24-14-12-23(18-33)13-15-24)20-28(38)42-32(41)35-27-11-7-9-25-8-5-6-10-26(25)27/h5-6,8,10,12-15,21-22,27-29,34H,7,9,11,16-17,19-20H2,1-4H3,(H,35,41)(H,36,39)/t22-,27?,28-,29-/m0/s1. The summed E-state index contributed by atoms with van der Waals surface area (Å²) in [5, 5.41) is 18.0. The highest BCUT2D eigenvalue weighted by Crippen LogP contribution is 2.29. The fourth-order valence-electron chi connectivity index (χ4n) is 5.55. The summed E-state index contributed by atoms with van der Waals surface area (Å²) in [4.78, 5) is 43.6. The first-order chi connectivity index (χ1) is 20.2. The van der Waals surface area contributed by atoms with E-state index in [1.165, 1.54) is 5.56 Å². The van der Waals surface area contributed by atoms with Crippen LogP contribution in [0.4, 0.5) is 4.79 Å². The normalized spacial score (nSPS) is 20.1. The van der Waals surface area contributed by atoms with E-state index in [4.69, 9.17) is 10.00 Å². The molecule has 2 aromatic carbocycles. The molecule has 42 heavy (non-hydrogen) atoms. The predicted octanol–water partition coefficient (Wildman–Crippen LogP) is 3.08. The highest BCUT2D eigenvalue weighted by atomic mass is 16.6. The monoisotopic (exact) mass is 574 g/mol. The summed E-state index contributed by atoms with van der Waals surface area (Å²) >= 11 is 0. The number of nitrogens with zero attached hydrogens (tertiary/aromatic N) is 3. The lowest BCUT2D eigenvalue weighted by atomic mass is 9.88. The predicted molar refractivity (Wildman–Crippen MR) is 159 cm³/mol. The summed E-state index contributed by atoms with van der Waals surface area (Å²) in [6.45, 7) is 7.29. The van der Waals surface area contributed by atoms with Crippen LogP contribution in [0.15, 0.2) is 48.5 Å². The molecular formula is C32H42N6O4. The Morgan fingerprint density at radius 1 is 1.07 bits per heavy atom. The summed E-state index contributed by atoms with van der Waals surface area (Å²) in [6, 6.07) is 16.2. The molecule has 0 radical (unpaired) electrons. The molecule has 1 aliphatic carbocycles. The van der Waals surface area contributed by atoms with Crippen LogP contribution in [0, 0.1) is 17.2 Å². The number of hydrogen-bond acceptors (Lipinski definition) is 7. The third kappa shape index (κ3) is 7.66. The van der Waals surface area contributed by atoms with E-state index >= 15 is 0 Å². The van der Waals surface area contributed by atoms with Crippen LogP contribution in [-0.2, 0) is 27.3 Å². The van der Waals surface area contributed by atoms with Crippen LogP contribution in [0.25, 0.3) is 0 Å². The van der Waals surface area contributed by atoms with Gasteiger partial charge in [-0.3, -0.25) is 14.5 Å². The number of benzene rings is 2. The lowest BCUT2D eigenvalue weighted by Gasteiger charge is -2.42. The first kappa shape index (κ1) is 31.0. The van der Waals surface area contributed by atoms with Crippen LogP contribution in [-0.4, -0.2) is 72.7 Å². The zero-order valence-corrected chi connectivity index (χ0v) is 24.9. The zero-order valence-electron chi connectivity index (χ0n) is 24.9. The number of likely N-dealkylation sites (N-methyl/N-ethyl adjacent to an activating group) is 1. The first-order valence-corrected chi connectivity index (χ1v) is 14.7. The largest absolute Gasteiger partial charge is 0.424 e. The molecule has 4 rings (SSSR count). The van der Waals surface area contributed by atoms with Crippen molar-refractivity contribution < 1.29 is 19.1 Å². The van der Waals surface area contributed by atoms with Gasteiger partial charge in [-0.2, -0.15) is 5.26 Å². The molecule has 1 saturated heterocycles. The molecule has 10 heteroatoms. The lowest BCUT2D eigenvalue weighted by molar-refractivity contribution is -0.153. The van der Waals surface area contributed by atoms with E-state index in [1.807, 2.05) is 44.2 Å². The van der Waals surface area contributed by atoms with E-state index in [2.05, 4.69) is 33.0 Å². The van der Waals surface area contributed by atoms with Crippen LogP contribution in [0.5, 0.6) is 0 Å². The quantitative estimate of drug-likeness (QED) is 0.420. The van der Waals surface area contributed by atoms with Crippen molar-refractivity contribution in [2.24, 2.45) is 5.92 Å². The minimum Gasteiger partial charge on any atom is -0.424 e. The fraction of sp³-hybridized carbons (Fsp3) is 0.500. The van der Waals surface area contributed by atoms with Crippen LogP contribution in [0.3, 0.4) is 0 Å². The van der Waals surface area contributed by atoms with Crippen molar-refractivity contribution in [1.29, 1.82) is 5.26 Å². The van der Waals surface area contributed by atoms with Gasteiger partial charge in [-0.25, -0.2) is 4.79 Å². The smallest absolute Gasteiger partial charge is 0.409 e. The average Bonchev–Trinajstić information content (AvgIpc) is 2.99. The van der Waals surface area contributed by atoms with E-state index in [0.29, 0.717) is 31.7 Å². The summed E-state index contributed by atoms with van der Waals surface area (Å²) in [7, 11) is 1.69. The number of alkyl carbamates (subject to hydrolysis) is 1. The number of ether oxygens (including phenoxy) is 1. The highest BCUT2D eigenvalue weighted by molar-refractivity contribution is 5.90. The molecule has 1 fully saturated rings. The molecule has 0 aromatic heterocycles. The molecule has 0 spiro atoms. The van der Waals surface area contributed by atoms with Crippen LogP contribution < -0.4 is 16.0 Å². The van der Waals surface area contributed by atoms with Crippen molar-refractivity contribution in [3.05, 3.63) is 70.8 Å². The van der Waals surface area contributed by atoms with Crippen LogP contribution in [0.1, 0.15) is 61.9 Å². The van der Waals surface area contributed by atoms with Crippen LogP contribution in [0.2, 0.25) is 0 Å². The maximum absolute atomic E-state index is 13.9. The van der Waals surface area contributed by atoms with E-state index < -0.39 is 24.4 Å². The molecule has 2 aliphatic rings. The summed E-state index contributed by atoms with van der Waals surface area (Å²) in [5.74, 6) is -0.717. The molecule has 0 saturated carbocycles. The van der Waals surface area contributed by atoms with E-state index in [0.717, 1.165) is 30.4 Å². The number of hydrogen-bond donors (Lipinski definition) is 3. The van der Waals surface area contributed by atoms with Gasteiger partial charge in [0.15, 0.2) is 6.23 Å². The van der Waals surface area contributed by atoms with Gasteiger partial charge in [-0.1, -0.05) is 50.2 Å². The average molecular weight is 575 g/mol. The Kier molecular flexibility index (Phi) is 10.6. The Bertz CT molecular complexity index is 1290. The maximum atomic E-state index is 13.9. The van der Waals surface area contributed by atoms with Crippen LogP contribution >= 0.6 is 0 Å². The van der Waals surface area contributed by atoms with Gasteiger partial charge in [0.05, 0.1) is 30.3 Å². The van der Waals surface area contributed by atoms with Crippen molar-refractivity contribution in [3.8, 4) is 6.07 Å². The molecule has 3 amide bonds. The fourth-order valence-corrected chi connectivity index (χ4v) is 5.55. The third-order valence-corrected chi connectivity index (χ3v) is 8.15. The molecule has 3 N–H and O–H groups in total. The Hall–Kier alpha value is -3.94. The molecule has 0 bridgehead atoms. The number of carbonyl (C=O) groups excluding carboxylic acids is 3. The van der Waals surface area contributed by atoms with Gasteiger partial charge in [0.2, 0.25) is 11.8 Å². The Morgan fingerprint density at radius 2 is 1.81 bits per heavy atom. The number of piperazine rings is 1. The number of aryl methyl sites for hydroxylation is 1. The zero-order chi connectivity index (χ0) is 30.2. The van der Waals surface area contributed by atoms with Gasteiger partial charge >= 0.3 is 6.09 Å². The van der Waals surface area contributed by atoms with Gasteiger partial charge in [0.1, 0.15) is 6.04 Å². The number of carbonyl (C=O) groups is 3. The Labute approximate surface area is 248 Å². The Balaban J connectivity index is 1.51. The van der Waals surface area contributed by atoms with Crippen molar-refractivity contribution >= 4 is 17.9 Å². The molecule has 224 valence electrons. The second-order valence-electron chi connectivity index (χ2n) is 11.5. The molecule has 1 heterocycles. The summed E-state index contributed by atoms with van der Waals surface area (Å²) < 4.78 is 6.00. The number of rotatable bonds is 9. The maximum Gasteiger partial charge on any atom is 0.409 e. The highest BCUT2D eigenvalue weighted by Gasteiger charge is 2.38. The molecule has 10 nitrogen and oxygen atoms in total. The van der Waals surface area contributed by atoms with E-state index in [-0.39, 0.29) is 23.8 Å². The number of amides is 3. The first-order valence-electron chi connectivity index (χ1n) is 14.7. The topological polar surface area (TPSA) is 127 Å². The van der Waals surface area contributed by atoms with Gasteiger partial charge in [-0.05, 0) is 68.0 Å². The van der Waals surface area contributed by atoms with Gasteiger partial charge in [-0.15, -0.1) is 0 Å². The second-order valence-corrected chi connectivity index (χ2v) is 11.5. The van der Waals surface area contributed by atoms with Crippen molar-refractivity contribution in [1.82, 2.24) is 25.8 Å². The number of nitrogens with one attached hydrogen (secondary N) is 3. The molecule has 4 atom stereocenters. The molecule has 1 unspecified atom stereocenters. The molecular weight excluding hydrogens is 532 g/mol. The second kappa shape index (κ2) is 14.3. The molecule has 2 aromatic rings.